The molecule has 7 nitrogen and oxygen atoms in total. The lowest BCUT2D eigenvalue weighted by Gasteiger charge is -2.12. The van der Waals surface area contributed by atoms with Crippen LogP contribution >= 0.6 is 23.2 Å². The predicted molar refractivity (Wildman–Crippen MR) is 112 cm³/mol. The molecular formula is C20H17Cl2N3O4. The van der Waals surface area contributed by atoms with Gasteiger partial charge in [0, 0.05) is 30.9 Å². The average molecular weight is 434 g/mol. The lowest BCUT2D eigenvalue weighted by atomic mass is 10.1. The molecule has 0 saturated carbocycles. The molecule has 0 spiro atoms. The zero-order valence-corrected chi connectivity index (χ0v) is 17.3. The van der Waals surface area contributed by atoms with Gasteiger partial charge in [-0.2, -0.15) is 0 Å². The van der Waals surface area contributed by atoms with Gasteiger partial charge in [0.2, 0.25) is 5.88 Å². The van der Waals surface area contributed by atoms with Crippen LogP contribution in [0.1, 0.15) is 20.7 Å². The van der Waals surface area contributed by atoms with Crippen molar-refractivity contribution in [2.24, 2.45) is 0 Å². The van der Waals surface area contributed by atoms with Crippen molar-refractivity contribution in [1.82, 2.24) is 5.16 Å². The quantitative estimate of drug-likeness (QED) is 0.584. The van der Waals surface area contributed by atoms with Crippen molar-refractivity contribution < 1.29 is 18.8 Å². The summed E-state index contributed by atoms with van der Waals surface area (Å²) in [6.07, 6.45) is 0. The van der Waals surface area contributed by atoms with Crippen molar-refractivity contribution in [3.8, 4) is 11.3 Å². The van der Waals surface area contributed by atoms with Crippen LogP contribution in [-0.2, 0) is 4.74 Å². The van der Waals surface area contributed by atoms with E-state index in [0.717, 1.165) is 5.69 Å². The van der Waals surface area contributed by atoms with Crippen molar-refractivity contribution >= 4 is 46.6 Å². The maximum Gasteiger partial charge on any atom is 0.345 e. The van der Waals surface area contributed by atoms with E-state index in [2.05, 4.69) is 10.5 Å². The van der Waals surface area contributed by atoms with E-state index in [9.17, 15) is 9.59 Å². The van der Waals surface area contributed by atoms with Crippen LogP contribution in [0.5, 0.6) is 0 Å². The first-order chi connectivity index (χ1) is 13.8. The van der Waals surface area contributed by atoms with Gasteiger partial charge in [0.25, 0.3) is 5.91 Å². The van der Waals surface area contributed by atoms with Gasteiger partial charge in [0.05, 0.1) is 17.2 Å². The van der Waals surface area contributed by atoms with Crippen LogP contribution in [0.25, 0.3) is 11.3 Å². The smallest absolute Gasteiger partial charge is 0.345 e. The van der Waals surface area contributed by atoms with E-state index in [0.29, 0.717) is 11.1 Å². The number of aromatic nitrogens is 1. The van der Waals surface area contributed by atoms with Gasteiger partial charge in [-0.3, -0.25) is 10.1 Å². The summed E-state index contributed by atoms with van der Waals surface area (Å²) >= 11 is 12.5. The maximum absolute atomic E-state index is 12.6. The molecule has 0 unspecified atom stereocenters. The van der Waals surface area contributed by atoms with Crippen molar-refractivity contribution in [3.05, 3.63) is 63.6 Å². The number of nitrogens with zero attached hydrogens (tertiary/aromatic N) is 2. The first-order valence-electron chi connectivity index (χ1n) is 8.44. The third kappa shape index (κ3) is 4.21. The molecule has 1 amide bonds. The van der Waals surface area contributed by atoms with Crippen LogP contribution in [0.15, 0.2) is 47.0 Å². The molecule has 2 aromatic carbocycles. The Bertz CT molecular complexity index is 1040. The summed E-state index contributed by atoms with van der Waals surface area (Å²) in [5, 5.41) is 6.99. The van der Waals surface area contributed by atoms with Crippen LogP contribution in [-0.4, -0.2) is 38.2 Å². The van der Waals surface area contributed by atoms with Gasteiger partial charge < -0.3 is 14.2 Å². The second-order valence-electron chi connectivity index (χ2n) is 6.22. The van der Waals surface area contributed by atoms with Crippen molar-refractivity contribution in [2.45, 2.75) is 0 Å². The number of carbonyl (C=O) groups excluding carboxylic acids is 2. The zero-order chi connectivity index (χ0) is 21.1. The number of hydrogen-bond donors (Lipinski definition) is 1. The Morgan fingerprint density at radius 2 is 1.69 bits per heavy atom. The molecule has 0 aliphatic rings. The molecule has 3 aromatic rings. The molecule has 0 radical (unpaired) electrons. The molecule has 1 aromatic heterocycles. The number of methoxy groups -OCH3 is 1. The Morgan fingerprint density at radius 1 is 1.07 bits per heavy atom. The SMILES string of the molecule is COC(=O)c1c(-c2c(Cl)cccc2Cl)noc1NC(=O)c1ccc(N(C)C)cc1. The van der Waals surface area contributed by atoms with Crippen LogP contribution in [0.2, 0.25) is 10.0 Å². The van der Waals surface area contributed by atoms with E-state index < -0.39 is 11.9 Å². The van der Waals surface area contributed by atoms with Gasteiger partial charge in [-0.05, 0) is 36.4 Å². The molecule has 0 saturated heterocycles. The maximum atomic E-state index is 12.6. The van der Waals surface area contributed by atoms with Gasteiger partial charge in [-0.25, -0.2) is 4.79 Å². The summed E-state index contributed by atoms with van der Waals surface area (Å²) in [4.78, 5) is 26.9. The van der Waals surface area contributed by atoms with Gasteiger partial charge >= 0.3 is 5.97 Å². The van der Waals surface area contributed by atoms with Gasteiger partial charge in [-0.1, -0.05) is 34.4 Å². The number of hydrogen-bond acceptors (Lipinski definition) is 6. The molecule has 0 bridgehead atoms. The minimum absolute atomic E-state index is 0.0747. The summed E-state index contributed by atoms with van der Waals surface area (Å²) in [6.45, 7) is 0. The minimum atomic E-state index is -0.754. The Kier molecular flexibility index (Phi) is 6.10. The highest BCUT2D eigenvalue weighted by Crippen LogP contribution is 2.38. The van der Waals surface area contributed by atoms with Crippen LogP contribution in [0, 0.1) is 0 Å². The molecule has 0 aliphatic heterocycles. The highest BCUT2D eigenvalue weighted by Gasteiger charge is 2.28. The summed E-state index contributed by atoms with van der Waals surface area (Å²) in [6, 6.07) is 11.8. The predicted octanol–water partition coefficient (Wildman–Crippen LogP) is 4.75. The second kappa shape index (κ2) is 8.55. The molecule has 29 heavy (non-hydrogen) atoms. The van der Waals surface area contributed by atoms with Crippen molar-refractivity contribution in [2.75, 3.05) is 31.4 Å². The monoisotopic (exact) mass is 433 g/mol. The number of anilines is 2. The van der Waals surface area contributed by atoms with E-state index >= 15 is 0 Å². The van der Waals surface area contributed by atoms with E-state index in [1.807, 2.05) is 19.0 Å². The average Bonchev–Trinajstić information content (AvgIpc) is 3.10. The Labute approximate surface area is 177 Å². The van der Waals surface area contributed by atoms with E-state index in [1.165, 1.54) is 7.11 Å². The fourth-order valence-corrected chi connectivity index (χ4v) is 3.22. The number of esters is 1. The number of benzene rings is 2. The second-order valence-corrected chi connectivity index (χ2v) is 7.03. The molecule has 0 aliphatic carbocycles. The van der Waals surface area contributed by atoms with Crippen molar-refractivity contribution in [1.29, 1.82) is 0 Å². The third-order valence-electron chi connectivity index (χ3n) is 4.15. The van der Waals surface area contributed by atoms with E-state index in [-0.39, 0.29) is 27.2 Å². The fraction of sp³-hybridized carbons (Fsp3) is 0.150. The number of amides is 1. The summed E-state index contributed by atoms with van der Waals surface area (Å²) in [5.41, 5.74) is 1.61. The molecule has 0 fully saturated rings. The molecule has 1 N–H and O–H groups in total. The molecule has 9 heteroatoms. The van der Waals surface area contributed by atoms with Crippen LogP contribution < -0.4 is 10.2 Å². The molecule has 0 atom stereocenters. The number of halogens is 2. The number of carbonyl (C=O) groups is 2. The number of rotatable bonds is 5. The molecule has 3 rings (SSSR count). The van der Waals surface area contributed by atoms with Crippen molar-refractivity contribution in [3.63, 3.8) is 0 Å². The topological polar surface area (TPSA) is 84.7 Å². The lowest BCUT2D eigenvalue weighted by molar-refractivity contribution is 0.0602. The first-order valence-corrected chi connectivity index (χ1v) is 9.20. The minimum Gasteiger partial charge on any atom is -0.465 e. The molecule has 150 valence electrons. The Hall–Kier alpha value is -3.03. The Balaban J connectivity index is 1.99. The van der Waals surface area contributed by atoms with E-state index in [1.54, 1.807) is 42.5 Å². The highest BCUT2D eigenvalue weighted by molar-refractivity contribution is 6.39. The Morgan fingerprint density at radius 3 is 2.24 bits per heavy atom. The lowest BCUT2D eigenvalue weighted by Crippen LogP contribution is -2.15. The zero-order valence-electron chi connectivity index (χ0n) is 15.8. The fourth-order valence-electron chi connectivity index (χ4n) is 2.65. The molecule has 1 heterocycles. The summed E-state index contributed by atoms with van der Waals surface area (Å²) in [5.74, 6) is -1.39. The van der Waals surface area contributed by atoms with Gasteiger partial charge in [0.15, 0.2) is 5.56 Å². The number of ether oxygens (including phenoxy) is 1. The summed E-state index contributed by atoms with van der Waals surface area (Å²) in [7, 11) is 5.00. The first kappa shape index (κ1) is 20.7. The number of nitrogens with one attached hydrogen (secondary N) is 1. The molecular weight excluding hydrogens is 417 g/mol. The highest BCUT2D eigenvalue weighted by atomic mass is 35.5. The normalized spacial score (nSPS) is 10.5. The van der Waals surface area contributed by atoms with Crippen LogP contribution in [0.4, 0.5) is 11.6 Å². The third-order valence-corrected chi connectivity index (χ3v) is 4.78. The largest absolute Gasteiger partial charge is 0.465 e. The summed E-state index contributed by atoms with van der Waals surface area (Å²) < 4.78 is 10.1. The van der Waals surface area contributed by atoms with Gasteiger partial charge in [0.1, 0.15) is 5.69 Å². The van der Waals surface area contributed by atoms with Gasteiger partial charge in [-0.15, -0.1) is 0 Å². The van der Waals surface area contributed by atoms with Crippen LogP contribution in [0.3, 0.4) is 0 Å². The van der Waals surface area contributed by atoms with E-state index in [4.69, 9.17) is 32.5 Å². The standard InChI is InChI=1S/C20H17Cl2N3O4/c1-25(2)12-9-7-11(8-10-12)18(26)23-19-16(20(27)28-3)17(24-29-19)15-13(21)5-4-6-14(15)22/h4-10H,1-3H3,(H,23,26).